The molecule has 96 valence electrons. The van der Waals surface area contributed by atoms with Crippen LogP contribution in [-0.2, 0) is 6.54 Å². The number of methoxy groups -OCH3 is 1. The van der Waals surface area contributed by atoms with E-state index in [0.717, 1.165) is 11.1 Å². The predicted molar refractivity (Wildman–Crippen MR) is 72.3 cm³/mol. The normalized spacial score (nSPS) is 9.95. The van der Waals surface area contributed by atoms with Gasteiger partial charge in [-0.05, 0) is 36.8 Å². The number of ether oxygens (including phenoxy) is 1. The fraction of sp³-hybridized carbons (Fsp3) is 0.200. The zero-order valence-electron chi connectivity index (χ0n) is 10.9. The molecule has 1 aromatic carbocycles. The maximum atomic E-state index is 11.9. The molecule has 0 saturated heterocycles. The van der Waals surface area contributed by atoms with Gasteiger partial charge in [-0.3, -0.25) is 4.79 Å². The van der Waals surface area contributed by atoms with Crippen LogP contribution in [0.3, 0.4) is 0 Å². The van der Waals surface area contributed by atoms with Crippen molar-refractivity contribution in [3.8, 4) is 11.8 Å². The lowest BCUT2D eigenvalue weighted by atomic mass is 10.1. The molecule has 0 radical (unpaired) electrons. The molecule has 0 N–H and O–H groups in total. The van der Waals surface area contributed by atoms with Crippen molar-refractivity contribution < 1.29 is 4.74 Å². The molecule has 0 fully saturated rings. The van der Waals surface area contributed by atoms with Crippen LogP contribution in [0.2, 0.25) is 0 Å². The van der Waals surface area contributed by atoms with Gasteiger partial charge in [0.2, 0.25) is 0 Å². The van der Waals surface area contributed by atoms with Gasteiger partial charge in [0.25, 0.3) is 5.56 Å². The molecule has 1 heterocycles. The molecule has 4 nitrogen and oxygen atoms in total. The third-order valence-corrected chi connectivity index (χ3v) is 2.90. The van der Waals surface area contributed by atoms with Gasteiger partial charge in [-0.25, -0.2) is 0 Å². The minimum Gasteiger partial charge on any atom is -0.496 e. The van der Waals surface area contributed by atoms with E-state index in [2.05, 4.69) is 6.07 Å². The molecule has 0 bridgehead atoms. The van der Waals surface area contributed by atoms with E-state index in [0.29, 0.717) is 17.9 Å². The molecule has 0 atom stereocenters. The SMILES string of the molecule is COc1ccc(C#N)cc1Cn1ccc(C)cc1=O. The van der Waals surface area contributed by atoms with Gasteiger partial charge in [0.15, 0.2) is 0 Å². The summed E-state index contributed by atoms with van der Waals surface area (Å²) in [6.45, 7) is 2.26. The number of nitriles is 1. The predicted octanol–water partition coefficient (Wildman–Crippen LogP) is 2.09. The molecule has 2 aromatic rings. The summed E-state index contributed by atoms with van der Waals surface area (Å²) in [4.78, 5) is 11.9. The second-order valence-corrected chi connectivity index (χ2v) is 4.31. The maximum absolute atomic E-state index is 11.9. The summed E-state index contributed by atoms with van der Waals surface area (Å²) in [6.07, 6.45) is 1.75. The van der Waals surface area contributed by atoms with Crippen LogP contribution < -0.4 is 10.3 Å². The van der Waals surface area contributed by atoms with Gasteiger partial charge in [0.1, 0.15) is 5.75 Å². The van der Waals surface area contributed by atoms with Gasteiger partial charge in [-0.2, -0.15) is 5.26 Å². The molecule has 0 aliphatic heterocycles. The van der Waals surface area contributed by atoms with E-state index in [-0.39, 0.29) is 5.56 Å². The first-order chi connectivity index (χ1) is 9.13. The molecule has 0 amide bonds. The second kappa shape index (κ2) is 5.40. The Bertz CT molecular complexity index is 696. The Morgan fingerprint density at radius 3 is 2.74 bits per heavy atom. The first-order valence-electron chi connectivity index (χ1n) is 5.88. The molecule has 4 heteroatoms. The Morgan fingerprint density at radius 2 is 2.11 bits per heavy atom. The molecular weight excluding hydrogens is 240 g/mol. The van der Waals surface area contributed by atoms with Gasteiger partial charge in [0, 0.05) is 17.8 Å². The molecule has 19 heavy (non-hydrogen) atoms. The quantitative estimate of drug-likeness (QED) is 0.842. The highest BCUT2D eigenvalue weighted by atomic mass is 16.5. The number of hydrogen-bond acceptors (Lipinski definition) is 3. The lowest BCUT2D eigenvalue weighted by molar-refractivity contribution is 0.408. The topological polar surface area (TPSA) is 55.0 Å². The fourth-order valence-electron chi connectivity index (χ4n) is 1.89. The molecule has 0 aliphatic rings. The average molecular weight is 254 g/mol. The van der Waals surface area contributed by atoms with E-state index in [1.54, 1.807) is 42.1 Å². The van der Waals surface area contributed by atoms with Crippen molar-refractivity contribution in [2.24, 2.45) is 0 Å². The van der Waals surface area contributed by atoms with E-state index < -0.39 is 0 Å². The van der Waals surface area contributed by atoms with Gasteiger partial charge >= 0.3 is 0 Å². The molecule has 0 aliphatic carbocycles. The summed E-state index contributed by atoms with van der Waals surface area (Å²) in [6, 6.07) is 10.7. The monoisotopic (exact) mass is 254 g/mol. The third kappa shape index (κ3) is 2.83. The van der Waals surface area contributed by atoms with Crippen LogP contribution in [0.25, 0.3) is 0 Å². The number of aromatic nitrogens is 1. The standard InChI is InChI=1S/C15H14N2O2/c1-11-5-6-17(15(18)7-11)10-13-8-12(9-16)3-4-14(13)19-2/h3-8H,10H2,1-2H3. The Balaban J connectivity index is 2.42. The van der Waals surface area contributed by atoms with Gasteiger partial charge < -0.3 is 9.30 Å². The number of benzene rings is 1. The summed E-state index contributed by atoms with van der Waals surface area (Å²) >= 11 is 0. The van der Waals surface area contributed by atoms with E-state index in [1.165, 1.54) is 0 Å². The van der Waals surface area contributed by atoms with Crippen LogP contribution in [0.4, 0.5) is 0 Å². The van der Waals surface area contributed by atoms with E-state index in [9.17, 15) is 4.79 Å². The minimum atomic E-state index is -0.0654. The van der Waals surface area contributed by atoms with Gasteiger partial charge in [-0.1, -0.05) is 0 Å². The van der Waals surface area contributed by atoms with Crippen molar-refractivity contribution >= 4 is 0 Å². The molecular formula is C15H14N2O2. The highest BCUT2D eigenvalue weighted by molar-refractivity contribution is 5.42. The summed E-state index contributed by atoms with van der Waals surface area (Å²) in [5.41, 5.74) is 2.23. The third-order valence-electron chi connectivity index (χ3n) is 2.90. The number of rotatable bonds is 3. The van der Waals surface area contributed by atoms with Crippen LogP contribution in [0.5, 0.6) is 5.75 Å². The van der Waals surface area contributed by atoms with Gasteiger partial charge in [0.05, 0.1) is 25.3 Å². The lowest BCUT2D eigenvalue weighted by Crippen LogP contribution is -2.19. The Hall–Kier alpha value is -2.54. The first kappa shape index (κ1) is 12.9. The maximum Gasteiger partial charge on any atom is 0.251 e. The van der Waals surface area contributed by atoms with Crippen LogP contribution >= 0.6 is 0 Å². The van der Waals surface area contributed by atoms with Crippen molar-refractivity contribution in [3.63, 3.8) is 0 Å². The van der Waals surface area contributed by atoms with Crippen molar-refractivity contribution in [3.05, 3.63) is 63.6 Å². The first-order valence-corrected chi connectivity index (χ1v) is 5.88. The zero-order chi connectivity index (χ0) is 13.8. The number of nitrogens with zero attached hydrogens (tertiary/aromatic N) is 2. The highest BCUT2D eigenvalue weighted by Crippen LogP contribution is 2.20. The number of hydrogen-bond donors (Lipinski definition) is 0. The van der Waals surface area contributed by atoms with Crippen molar-refractivity contribution in [2.45, 2.75) is 13.5 Å². The zero-order valence-corrected chi connectivity index (χ0v) is 10.9. The molecule has 0 unspecified atom stereocenters. The lowest BCUT2D eigenvalue weighted by Gasteiger charge is -2.10. The fourth-order valence-corrected chi connectivity index (χ4v) is 1.89. The molecule has 0 spiro atoms. The van der Waals surface area contributed by atoms with Crippen LogP contribution in [-0.4, -0.2) is 11.7 Å². The Labute approximate surface area is 111 Å². The smallest absolute Gasteiger partial charge is 0.251 e. The molecule has 1 aromatic heterocycles. The molecule has 0 saturated carbocycles. The van der Waals surface area contributed by atoms with Crippen molar-refractivity contribution in [2.75, 3.05) is 7.11 Å². The Kier molecular flexibility index (Phi) is 3.67. The minimum absolute atomic E-state index is 0.0654. The summed E-state index contributed by atoms with van der Waals surface area (Å²) in [7, 11) is 1.57. The highest BCUT2D eigenvalue weighted by Gasteiger charge is 2.06. The van der Waals surface area contributed by atoms with Crippen LogP contribution in [0, 0.1) is 18.3 Å². The molecule has 2 rings (SSSR count). The van der Waals surface area contributed by atoms with Crippen LogP contribution in [0.1, 0.15) is 16.7 Å². The van der Waals surface area contributed by atoms with E-state index in [4.69, 9.17) is 10.00 Å². The van der Waals surface area contributed by atoms with Crippen LogP contribution in [0.15, 0.2) is 41.3 Å². The summed E-state index contributed by atoms with van der Waals surface area (Å²) < 4.78 is 6.85. The summed E-state index contributed by atoms with van der Waals surface area (Å²) in [5, 5.41) is 8.92. The average Bonchev–Trinajstić information content (AvgIpc) is 2.41. The second-order valence-electron chi connectivity index (χ2n) is 4.31. The van der Waals surface area contributed by atoms with Crippen molar-refractivity contribution in [1.82, 2.24) is 4.57 Å². The van der Waals surface area contributed by atoms with Crippen molar-refractivity contribution in [1.29, 1.82) is 5.26 Å². The van der Waals surface area contributed by atoms with E-state index >= 15 is 0 Å². The Morgan fingerprint density at radius 1 is 1.32 bits per heavy atom. The summed E-state index contributed by atoms with van der Waals surface area (Å²) in [5.74, 6) is 0.673. The largest absolute Gasteiger partial charge is 0.496 e. The van der Waals surface area contributed by atoms with E-state index in [1.807, 2.05) is 13.0 Å². The number of aryl methyl sites for hydroxylation is 1. The number of pyridine rings is 1. The van der Waals surface area contributed by atoms with Gasteiger partial charge in [-0.15, -0.1) is 0 Å².